The standard InChI is InChI=1S/C9H8O4.C7H5FO5.C6H6O3/c10-5-3-7(12)9-6(11)1-2-13-8(9)4-5;8-13-7(12)3-1-4(9)6(11)5(10)2-3;7-4-2-1-3-5(8)6(4)9/h3-4,10,12H,1-2H2;1-2,9-11H;1-3,7-9H. The summed E-state index contributed by atoms with van der Waals surface area (Å²) < 4.78 is 16.5. The van der Waals surface area contributed by atoms with Crippen LogP contribution in [0.25, 0.3) is 0 Å². The van der Waals surface area contributed by atoms with Gasteiger partial charge in [0.05, 0.1) is 12.2 Å². The Morgan fingerprint density at radius 1 is 0.800 bits per heavy atom. The summed E-state index contributed by atoms with van der Waals surface area (Å²) in [7, 11) is 0. The Labute approximate surface area is 195 Å². The van der Waals surface area contributed by atoms with E-state index >= 15 is 0 Å². The molecular weight excluding hydrogens is 475 g/mol. The Morgan fingerprint density at radius 3 is 1.86 bits per heavy atom. The topological polar surface area (TPSA) is 214 Å². The molecule has 3 aromatic carbocycles. The van der Waals surface area contributed by atoms with Gasteiger partial charge in [0.1, 0.15) is 22.8 Å². The number of ether oxygens (including phenoxy) is 1. The first-order chi connectivity index (χ1) is 16.5. The number of ketones is 1. The van der Waals surface area contributed by atoms with Crippen molar-refractivity contribution in [1.82, 2.24) is 0 Å². The van der Waals surface area contributed by atoms with Crippen LogP contribution in [-0.4, -0.2) is 59.2 Å². The number of phenols is 8. The summed E-state index contributed by atoms with van der Waals surface area (Å²) in [6, 6.07) is 7.99. The molecule has 0 saturated carbocycles. The highest BCUT2D eigenvalue weighted by atomic mass is 19.3. The van der Waals surface area contributed by atoms with E-state index < -0.39 is 34.5 Å². The first-order valence-corrected chi connectivity index (χ1v) is 9.46. The lowest BCUT2D eigenvalue weighted by atomic mass is 10.0. The average molecular weight is 494 g/mol. The van der Waals surface area contributed by atoms with Crippen LogP contribution >= 0.6 is 0 Å². The molecule has 0 radical (unpaired) electrons. The van der Waals surface area contributed by atoms with Gasteiger partial charge in [-0.25, -0.2) is 9.74 Å². The minimum atomic E-state index is -1.37. The molecule has 0 spiro atoms. The predicted octanol–water partition coefficient (Wildman–Crippen LogP) is 2.71. The van der Waals surface area contributed by atoms with Gasteiger partial charge in [0.15, 0.2) is 40.3 Å². The number of phenolic OH excluding ortho intramolecular Hbond substituents is 8. The summed E-state index contributed by atoms with van der Waals surface area (Å²) in [6.45, 7) is 0.300. The quantitative estimate of drug-likeness (QED) is 0.229. The lowest BCUT2D eigenvalue weighted by Crippen LogP contribution is -2.15. The molecule has 0 unspecified atom stereocenters. The number of hydrogen-bond acceptors (Lipinski definition) is 12. The molecule has 4 rings (SSSR count). The van der Waals surface area contributed by atoms with Crippen molar-refractivity contribution in [2.24, 2.45) is 0 Å². The summed E-state index contributed by atoms with van der Waals surface area (Å²) in [5, 5.41) is 71.1. The normalized spacial score (nSPS) is 11.5. The number of halogens is 1. The third kappa shape index (κ3) is 6.47. The molecule has 35 heavy (non-hydrogen) atoms. The highest BCUT2D eigenvalue weighted by molar-refractivity contribution is 6.02. The Kier molecular flexibility index (Phi) is 8.36. The van der Waals surface area contributed by atoms with Crippen molar-refractivity contribution >= 4 is 11.8 Å². The minimum Gasteiger partial charge on any atom is -0.508 e. The zero-order valence-electron chi connectivity index (χ0n) is 17.5. The summed E-state index contributed by atoms with van der Waals surface area (Å²) in [4.78, 5) is 24.7. The van der Waals surface area contributed by atoms with Gasteiger partial charge in [-0.15, -0.1) is 0 Å². The molecule has 1 aliphatic rings. The maximum atomic E-state index is 11.4. The van der Waals surface area contributed by atoms with Gasteiger partial charge in [-0.2, -0.15) is 0 Å². The van der Waals surface area contributed by atoms with Gasteiger partial charge < -0.3 is 45.6 Å². The third-order valence-corrected chi connectivity index (χ3v) is 4.30. The second-order valence-corrected chi connectivity index (χ2v) is 6.73. The van der Waals surface area contributed by atoms with Crippen molar-refractivity contribution < 1.29 is 64.6 Å². The smallest absolute Gasteiger partial charge is 0.379 e. The number of hydrogen-bond donors (Lipinski definition) is 8. The number of carbonyl (C=O) groups excluding carboxylic acids is 2. The fraction of sp³-hybridized carbons (Fsp3) is 0.0909. The van der Waals surface area contributed by atoms with Crippen molar-refractivity contribution in [1.29, 1.82) is 0 Å². The van der Waals surface area contributed by atoms with Crippen molar-refractivity contribution in [3.8, 4) is 51.7 Å². The number of fused-ring (bicyclic) bond motifs is 1. The summed E-state index contributed by atoms with van der Waals surface area (Å²) >= 11 is 0. The molecule has 12 nitrogen and oxygen atoms in total. The molecule has 0 aliphatic carbocycles. The fourth-order valence-electron chi connectivity index (χ4n) is 2.65. The van der Waals surface area contributed by atoms with Crippen molar-refractivity contribution in [3.05, 3.63) is 53.6 Å². The first-order valence-electron chi connectivity index (χ1n) is 9.46. The number of Topliss-reactive ketones (excluding diaryl/α,β-unsaturated/α-hetero) is 1. The largest absolute Gasteiger partial charge is 0.508 e. The Hall–Kier alpha value is -5.07. The molecule has 8 N–H and O–H groups in total. The molecular formula is C22H19FO12. The number of benzene rings is 3. The molecule has 1 heterocycles. The molecule has 3 aromatic rings. The second-order valence-electron chi connectivity index (χ2n) is 6.73. The summed E-state index contributed by atoms with van der Waals surface area (Å²) in [6.07, 6.45) is 0.269. The van der Waals surface area contributed by atoms with Crippen LogP contribution in [0.15, 0.2) is 42.5 Å². The van der Waals surface area contributed by atoms with Gasteiger partial charge in [-0.05, 0) is 24.3 Å². The van der Waals surface area contributed by atoms with Crippen LogP contribution in [0.5, 0.6) is 51.7 Å². The van der Waals surface area contributed by atoms with Gasteiger partial charge in [0.2, 0.25) is 0 Å². The highest BCUT2D eigenvalue weighted by Gasteiger charge is 2.23. The van der Waals surface area contributed by atoms with Crippen molar-refractivity contribution in [2.75, 3.05) is 6.61 Å². The second kappa shape index (κ2) is 11.2. The maximum Gasteiger partial charge on any atom is 0.379 e. The minimum absolute atomic E-state index is 0.106. The van der Waals surface area contributed by atoms with Gasteiger partial charge in [-0.1, -0.05) is 6.07 Å². The molecule has 0 atom stereocenters. The maximum absolute atomic E-state index is 11.4. The third-order valence-electron chi connectivity index (χ3n) is 4.30. The fourth-order valence-corrected chi connectivity index (χ4v) is 2.65. The predicted molar refractivity (Wildman–Crippen MR) is 114 cm³/mol. The lowest BCUT2D eigenvalue weighted by molar-refractivity contribution is -0.0788. The lowest BCUT2D eigenvalue weighted by Gasteiger charge is -2.16. The molecule has 13 heteroatoms. The number of rotatable bonds is 1. The first kappa shape index (κ1) is 26.2. The summed E-state index contributed by atoms with van der Waals surface area (Å²) in [5.74, 6) is -4.94. The molecule has 0 saturated heterocycles. The van der Waals surface area contributed by atoms with Crippen LogP contribution in [0, 0.1) is 0 Å². The molecule has 0 amide bonds. The monoisotopic (exact) mass is 494 g/mol. The molecule has 1 aliphatic heterocycles. The van der Waals surface area contributed by atoms with Crippen LogP contribution in [0.1, 0.15) is 27.1 Å². The van der Waals surface area contributed by atoms with Gasteiger partial charge in [0.25, 0.3) is 0 Å². The number of carbonyl (C=O) groups is 2. The van der Waals surface area contributed by atoms with Crippen LogP contribution in [-0.2, 0) is 4.94 Å². The Morgan fingerprint density at radius 2 is 1.34 bits per heavy atom. The van der Waals surface area contributed by atoms with E-state index in [4.69, 9.17) is 40.5 Å². The van der Waals surface area contributed by atoms with E-state index in [1.165, 1.54) is 24.3 Å². The van der Waals surface area contributed by atoms with E-state index in [-0.39, 0.29) is 46.5 Å². The average Bonchev–Trinajstić information content (AvgIpc) is 2.80. The van der Waals surface area contributed by atoms with Crippen LogP contribution in [0.3, 0.4) is 0 Å². The number of aromatic hydroxyl groups is 8. The van der Waals surface area contributed by atoms with Crippen molar-refractivity contribution in [3.63, 3.8) is 0 Å². The molecule has 186 valence electrons. The zero-order valence-corrected chi connectivity index (χ0v) is 17.5. The van der Waals surface area contributed by atoms with Crippen LogP contribution in [0.2, 0.25) is 0 Å². The molecule has 0 fully saturated rings. The Bertz CT molecular complexity index is 1200. The Balaban J connectivity index is 0.000000189. The zero-order chi connectivity index (χ0) is 26.3. The van der Waals surface area contributed by atoms with Gasteiger partial charge in [-0.3, -0.25) is 4.79 Å². The van der Waals surface area contributed by atoms with E-state index in [2.05, 4.69) is 4.94 Å². The van der Waals surface area contributed by atoms with E-state index in [9.17, 15) is 19.2 Å². The van der Waals surface area contributed by atoms with E-state index in [1.54, 1.807) is 0 Å². The highest BCUT2D eigenvalue weighted by Crippen LogP contribution is 2.36. The van der Waals surface area contributed by atoms with Crippen LogP contribution in [0.4, 0.5) is 4.53 Å². The van der Waals surface area contributed by atoms with E-state index in [1.807, 2.05) is 0 Å². The van der Waals surface area contributed by atoms with Gasteiger partial charge >= 0.3 is 5.97 Å². The molecule has 0 aromatic heterocycles. The molecule has 0 bridgehead atoms. The summed E-state index contributed by atoms with van der Waals surface area (Å²) in [5.41, 5.74) is -0.237. The SMILES string of the molecule is O=C(OF)c1cc(O)c(O)c(O)c1.O=C1CCOc2cc(O)cc(O)c21.Oc1cccc(O)c1O. The van der Waals surface area contributed by atoms with Crippen molar-refractivity contribution in [2.45, 2.75) is 6.42 Å². The van der Waals surface area contributed by atoms with Gasteiger partial charge in [0, 0.05) is 23.1 Å². The number of para-hydroxylation sites is 1. The van der Waals surface area contributed by atoms with E-state index in [0.717, 1.165) is 18.2 Å². The van der Waals surface area contributed by atoms with Crippen LogP contribution < -0.4 is 4.74 Å². The van der Waals surface area contributed by atoms with E-state index in [0.29, 0.717) is 6.61 Å².